The van der Waals surface area contributed by atoms with Crippen molar-refractivity contribution < 1.29 is 45.6 Å². The van der Waals surface area contributed by atoms with Crippen LogP contribution in [-0.2, 0) is 4.74 Å². The van der Waals surface area contributed by atoms with Crippen molar-refractivity contribution in [3.8, 4) is 5.88 Å². The molecular formula is C25H29F5N8O5. The van der Waals surface area contributed by atoms with E-state index < -0.39 is 54.6 Å². The molecule has 1 aliphatic heterocycles. The molecule has 3 amide bonds. The van der Waals surface area contributed by atoms with Crippen molar-refractivity contribution in [3.63, 3.8) is 0 Å². The second-order valence-electron chi connectivity index (χ2n) is 10.5. The molecule has 5 rings (SSSR count). The van der Waals surface area contributed by atoms with Gasteiger partial charge >= 0.3 is 12.2 Å². The Kier molecular flexibility index (Phi) is 8.40. The lowest BCUT2D eigenvalue weighted by Gasteiger charge is -2.33. The molecule has 1 saturated carbocycles. The molecule has 2 aliphatic rings. The third kappa shape index (κ3) is 6.47. The minimum atomic E-state index is -4.62. The minimum absolute atomic E-state index is 0.0994. The summed E-state index contributed by atoms with van der Waals surface area (Å²) >= 11 is 0. The fourth-order valence-corrected chi connectivity index (χ4v) is 5.48. The van der Waals surface area contributed by atoms with E-state index in [-0.39, 0.29) is 55.9 Å². The van der Waals surface area contributed by atoms with E-state index in [0.29, 0.717) is 11.3 Å². The maximum absolute atomic E-state index is 14.0. The Morgan fingerprint density at radius 1 is 1.26 bits per heavy atom. The first-order valence-electron chi connectivity index (χ1n) is 13.4. The summed E-state index contributed by atoms with van der Waals surface area (Å²) in [6.07, 6.45) is -2.04. The van der Waals surface area contributed by atoms with E-state index in [0.717, 1.165) is 4.90 Å². The number of aromatic nitrogens is 5. The molecule has 4 heterocycles. The number of fused-ring (bicyclic) bond motifs is 1. The number of urea groups is 1. The van der Waals surface area contributed by atoms with Gasteiger partial charge in [0.25, 0.3) is 11.8 Å². The molecular weight excluding hydrogens is 587 g/mol. The highest BCUT2D eigenvalue weighted by atomic mass is 19.4. The molecule has 43 heavy (non-hydrogen) atoms. The average molecular weight is 617 g/mol. The summed E-state index contributed by atoms with van der Waals surface area (Å²) in [7, 11) is 2.71. The fraction of sp³-hybridized carbons (Fsp3) is 0.600. The molecule has 13 nitrogen and oxygen atoms in total. The Bertz CT molecular complexity index is 1450. The smallest absolute Gasteiger partial charge is 0.410 e. The first-order chi connectivity index (χ1) is 20.4. The predicted molar refractivity (Wildman–Crippen MR) is 135 cm³/mol. The predicted octanol–water partition coefficient (Wildman–Crippen LogP) is 3.45. The number of imidazole rings is 1. The SMILES string of the molecule is COCCC(c1cnn2cc([C@@H](NC(=O)c3nonc3OC)C3CCC(F)(F)CC3)nc2c1)N1C[C@@H](C(F)(F)F)NC1=O. The van der Waals surface area contributed by atoms with Gasteiger partial charge in [-0.2, -0.15) is 18.3 Å². The number of carbonyl (C=O) groups excluding carboxylic acids is 2. The van der Waals surface area contributed by atoms with Crippen molar-refractivity contribution in [2.75, 3.05) is 27.4 Å². The van der Waals surface area contributed by atoms with Crippen LogP contribution in [0.4, 0.5) is 26.7 Å². The monoisotopic (exact) mass is 616 g/mol. The molecule has 18 heteroatoms. The van der Waals surface area contributed by atoms with Gasteiger partial charge in [-0.05, 0) is 47.1 Å². The van der Waals surface area contributed by atoms with Crippen LogP contribution < -0.4 is 15.4 Å². The van der Waals surface area contributed by atoms with Crippen LogP contribution in [0.1, 0.15) is 65.9 Å². The Hall–Kier alpha value is -4.09. The zero-order valence-corrected chi connectivity index (χ0v) is 23.1. The Morgan fingerprint density at radius 2 is 2.00 bits per heavy atom. The van der Waals surface area contributed by atoms with Crippen LogP contribution in [0.2, 0.25) is 0 Å². The number of carbonyl (C=O) groups is 2. The molecule has 0 radical (unpaired) electrons. The lowest BCUT2D eigenvalue weighted by molar-refractivity contribution is -0.150. The van der Waals surface area contributed by atoms with Crippen LogP contribution in [0.3, 0.4) is 0 Å². The summed E-state index contributed by atoms with van der Waals surface area (Å²) in [5.41, 5.74) is 0.756. The fourth-order valence-electron chi connectivity index (χ4n) is 5.48. The van der Waals surface area contributed by atoms with E-state index in [9.17, 15) is 31.5 Å². The standard InChI is InChI=1S/C25H29F5N8O5/c1-41-8-5-16(37-12-17(25(28,29)30)33-23(37)40)14-9-18-32-15(11-38(18)31-10-14)19(13-3-6-24(26,27)7-4-13)34-21(39)20-22(42-2)36-43-35-20/h9-11,13,16-17,19H,3-8,12H2,1-2H3,(H,33,40)(H,34,39)/t16?,17-,19-/m0/s1. The third-order valence-electron chi connectivity index (χ3n) is 7.75. The normalized spacial score (nSPS) is 20.7. The molecule has 0 aromatic carbocycles. The van der Waals surface area contributed by atoms with Gasteiger partial charge in [-0.25, -0.2) is 27.7 Å². The summed E-state index contributed by atoms with van der Waals surface area (Å²) in [5.74, 6) is -4.11. The van der Waals surface area contributed by atoms with Crippen molar-refractivity contribution >= 4 is 17.6 Å². The maximum Gasteiger partial charge on any atom is 0.410 e. The number of alkyl halides is 5. The van der Waals surface area contributed by atoms with Crippen LogP contribution in [0.25, 0.3) is 5.65 Å². The lowest BCUT2D eigenvalue weighted by Crippen LogP contribution is -2.40. The number of ether oxygens (including phenoxy) is 2. The van der Waals surface area contributed by atoms with Crippen LogP contribution in [0, 0.1) is 5.92 Å². The van der Waals surface area contributed by atoms with Crippen LogP contribution in [0.5, 0.6) is 5.88 Å². The summed E-state index contributed by atoms with van der Waals surface area (Å²) in [6, 6.07) is -2.97. The van der Waals surface area contributed by atoms with Crippen LogP contribution >= 0.6 is 0 Å². The number of nitrogens with one attached hydrogen (secondary N) is 2. The van der Waals surface area contributed by atoms with Gasteiger partial charge in [0.15, 0.2) is 5.65 Å². The zero-order valence-electron chi connectivity index (χ0n) is 23.1. The molecule has 234 valence electrons. The van der Waals surface area contributed by atoms with Crippen molar-refractivity contribution in [2.24, 2.45) is 5.92 Å². The highest BCUT2D eigenvalue weighted by Crippen LogP contribution is 2.41. The molecule has 0 spiro atoms. The molecule has 2 fully saturated rings. The molecule has 3 aromatic heterocycles. The highest BCUT2D eigenvalue weighted by molar-refractivity contribution is 5.94. The molecule has 3 aromatic rings. The first kappa shape index (κ1) is 30.4. The first-order valence-corrected chi connectivity index (χ1v) is 13.4. The number of rotatable bonds is 10. The van der Waals surface area contributed by atoms with Gasteiger partial charge in [-0.3, -0.25) is 4.79 Å². The largest absolute Gasteiger partial charge is 0.477 e. The van der Waals surface area contributed by atoms with E-state index in [1.165, 1.54) is 31.1 Å². The molecule has 2 N–H and O–H groups in total. The topological polar surface area (TPSA) is 149 Å². The molecule has 0 bridgehead atoms. The van der Waals surface area contributed by atoms with Crippen molar-refractivity contribution in [3.05, 3.63) is 35.4 Å². The van der Waals surface area contributed by atoms with E-state index in [1.54, 1.807) is 6.07 Å². The van der Waals surface area contributed by atoms with Crippen LogP contribution in [0.15, 0.2) is 23.1 Å². The number of methoxy groups -OCH3 is 2. The quantitative estimate of drug-likeness (QED) is 0.327. The number of hydrogen-bond donors (Lipinski definition) is 2. The second kappa shape index (κ2) is 11.9. The van der Waals surface area contributed by atoms with Gasteiger partial charge in [0.1, 0.15) is 6.04 Å². The number of halogens is 5. The summed E-state index contributed by atoms with van der Waals surface area (Å²) in [5, 5.41) is 16.2. The van der Waals surface area contributed by atoms with Gasteiger partial charge in [0, 0.05) is 26.6 Å². The Balaban J connectivity index is 1.46. The average Bonchev–Trinajstić information content (AvgIpc) is 3.70. The van der Waals surface area contributed by atoms with Crippen molar-refractivity contribution in [1.82, 2.24) is 40.4 Å². The second-order valence-corrected chi connectivity index (χ2v) is 10.5. The van der Waals surface area contributed by atoms with Crippen molar-refractivity contribution in [2.45, 2.75) is 62.3 Å². The van der Waals surface area contributed by atoms with Gasteiger partial charge in [-0.15, -0.1) is 0 Å². The van der Waals surface area contributed by atoms with E-state index in [2.05, 4.69) is 30.3 Å². The third-order valence-corrected chi connectivity index (χ3v) is 7.75. The van der Waals surface area contributed by atoms with Gasteiger partial charge in [-0.1, -0.05) is 0 Å². The van der Waals surface area contributed by atoms with E-state index >= 15 is 0 Å². The molecule has 3 atom stereocenters. The molecule has 1 aliphatic carbocycles. The lowest BCUT2D eigenvalue weighted by atomic mass is 9.81. The number of amides is 3. The van der Waals surface area contributed by atoms with Crippen molar-refractivity contribution in [1.29, 1.82) is 0 Å². The van der Waals surface area contributed by atoms with E-state index in [1.807, 2.05) is 5.32 Å². The highest BCUT2D eigenvalue weighted by Gasteiger charge is 2.48. The Morgan fingerprint density at radius 3 is 2.65 bits per heavy atom. The zero-order chi connectivity index (χ0) is 30.9. The van der Waals surface area contributed by atoms with E-state index in [4.69, 9.17) is 9.47 Å². The Labute approximate surface area is 241 Å². The van der Waals surface area contributed by atoms with Gasteiger partial charge < -0.3 is 25.0 Å². The summed E-state index contributed by atoms with van der Waals surface area (Å²) in [6.45, 7) is -0.445. The summed E-state index contributed by atoms with van der Waals surface area (Å²) < 4.78 is 84.1. The maximum atomic E-state index is 14.0. The van der Waals surface area contributed by atoms with Gasteiger partial charge in [0.05, 0.1) is 43.8 Å². The summed E-state index contributed by atoms with van der Waals surface area (Å²) in [4.78, 5) is 31.3. The van der Waals surface area contributed by atoms with Gasteiger partial charge in [0.2, 0.25) is 11.6 Å². The molecule has 1 unspecified atom stereocenters. The van der Waals surface area contributed by atoms with Crippen LogP contribution in [-0.4, -0.2) is 87.3 Å². The molecule has 1 saturated heterocycles. The number of hydrogen-bond acceptors (Lipinski definition) is 9. The number of nitrogens with zero attached hydrogens (tertiary/aromatic N) is 6. The minimum Gasteiger partial charge on any atom is -0.477 e.